The van der Waals surface area contributed by atoms with E-state index in [9.17, 15) is 14.4 Å². The topological polar surface area (TPSA) is 278 Å². The molecule has 258 valence electrons. The Morgan fingerprint density at radius 1 is 0.870 bits per heavy atom. The standard InChI is InChI=1S/C25H39N7O6.2C2H4O2/c26-23-30-19-18(20(33)31-23)29-15-32(19)16-38-17(13-36-21(34)24(27)9-5-1-2-6-10-24)14-37-22(35)25(28)11-7-3-4-8-12-25;2*1-2(3)4/h15,17H,1-14,16,27-28H2,(H3,26,30,31,33);2*1H3,(H,3,4). The number of carboxylic acids is 2. The molecule has 0 aliphatic heterocycles. The van der Waals surface area contributed by atoms with Gasteiger partial charge in [0.05, 0.1) is 6.33 Å². The minimum Gasteiger partial charge on any atom is -0.481 e. The fourth-order valence-corrected chi connectivity index (χ4v) is 5.15. The molecule has 0 unspecified atom stereocenters. The highest BCUT2D eigenvalue weighted by Crippen LogP contribution is 2.27. The van der Waals surface area contributed by atoms with Crippen molar-refractivity contribution in [3.05, 3.63) is 16.7 Å². The summed E-state index contributed by atoms with van der Waals surface area (Å²) < 4.78 is 18.6. The molecule has 46 heavy (non-hydrogen) atoms. The fraction of sp³-hybridized carbons (Fsp3) is 0.690. The van der Waals surface area contributed by atoms with Crippen LogP contribution >= 0.6 is 0 Å². The molecule has 2 aliphatic rings. The summed E-state index contributed by atoms with van der Waals surface area (Å²) in [4.78, 5) is 66.5. The lowest BCUT2D eigenvalue weighted by atomic mass is 9.91. The quantitative estimate of drug-likeness (QED) is 0.165. The summed E-state index contributed by atoms with van der Waals surface area (Å²) in [6.07, 6.45) is 10.4. The highest BCUT2D eigenvalue weighted by Gasteiger charge is 2.38. The van der Waals surface area contributed by atoms with Crippen LogP contribution < -0.4 is 22.8 Å². The number of nitrogens with zero attached hydrogens (tertiary/aromatic N) is 3. The third kappa shape index (κ3) is 12.4. The van der Waals surface area contributed by atoms with E-state index in [0.29, 0.717) is 25.7 Å². The molecule has 17 heteroatoms. The number of ether oxygens (including phenoxy) is 3. The molecule has 2 fully saturated rings. The van der Waals surface area contributed by atoms with Crippen molar-refractivity contribution < 1.29 is 43.6 Å². The predicted molar refractivity (Wildman–Crippen MR) is 165 cm³/mol. The Kier molecular flexibility index (Phi) is 15.0. The Hall–Kier alpha value is -4.09. The van der Waals surface area contributed by atoms with Gasteiger partial charge in [-0.1, -0.05) is 51.4 Å². The Morgan fingerprint density at radius 2 is 1.28 bits per heavy atom. The zero-order valence-corrected chi connectivity index (χ0v) is 26.5. The number of hydrogen-bond donors (Lipinski definition) is 6. The van der Waals surface area contributed by atoms with Crippen molar-refractivity contribution in [2.75, 3.05) is 18.9 Å². The molecular weight excluding hydrogens is 606 g/mol. The highest BCUT2D eigenvalue weighted by molar-refractivity contribution is 5.81. The predicted octanol–water partition coefficient (Wildman–Crippen LogP) is 1.42. The van der Waals surface area contributed by atoms with Crippen LogP contribution in [0.5, 0.6) is 0 Å². The van der Waals surface area contributed by atoms with Crippen LogP contribution in [0, 0.1) is 0 Å². The minimum atomic E-state index is -1.04. The molecule has 2 aromatic heterocycles. The van der Waals surface area contributed by atoms with Gasteiger partial charge in [-0.25, -0.2) is 4.98 Å². The normalized spacial score (nSPS) is 17.2. The summed E-state index contributed by atoms with van der Waals surface area (Å²) in [6, 6.07) is 0. The Balaban J connectivity index is 0.000000825. The first-order valence-corrected chi connectivity index (χ1v) is 15.3. The van der Waals surface area contributed by atoms with Crippen LogP contribution in [0.15, 0.2) is 11.1 Å². The number of carbonyl (C=O) groups is 4. The monoisotopic (exact) mass is 653 g/mol. The molecule has 2 heterocycles. The van der Waals surface area contributed by atoms with Crippen LogP contribution in [0.3, 0.4) is 0 Å². The van der Waals surface area contributed by atoms with E-state index in [1.165, 1.54) is 10.9 Å². The molecule has 0 aromatic carbocycles. The maximum Gasteiger partial charge on any atom is 0.326 e. The zero-order valence-electron chi connectivity index (χ0n) is 26.5. The first-order valence-electron chi connectivity index (χ1n) is 15.3. The second kappa shape index (κ2) is 18.2. The number of rotatable bonds is 9. The lowest BCUT2D eigenvalue weighted by Gasteiger charge is -2.28. The van der Waals surface area contributed by atoms with E-state index in [-0.39, 0.29) is 37.1 Å². The van der Waals surface area contributed by atoms with Crippen LogP contribution in [0.2, 0.25) is 0 Å². The van der Waals surface area contributed by atoms with Gasteiger partial charge in [0.25, 0.3) is 17.5 Å². The second-order valence-electron chi connectivity index (χ2n) is 11.6. The number of nitrogens with two attached hydrogens (primary N) is 3. The number of aliphatic carboxylic acids is 2. The van der Waals surface area contributed by atoms with E-state index in [2.05, 4.69) is 15.0 Å². The fourth-order valence-electron chi connectivity index (χ4n) is 5.15. The summed E-state index contributed by atoms with van der Waals surface area (Å²) in [7, 11) is 0. The number of esters is 2. The number of carbonyl (C=O) groups excluding carboxylic acids is 2. The molecular formula is C29H47N7O10. The molecule has 4 rings (SSSR count). The van der Waals surface area contributed by atoms with Crippen LogP contribution in [-0.2, 0) is 40.1 Å². The number of H-pyrrole nitrogens is 1. The number of carboxylic acid groups (broad SMARTS) is 2. The number of anilines is 1. The van der Waals surface area contributed by atoms with Gasteiger partial charge < -0.3 is 41.6 Å². The largest absolute Gasteiger partial charge is 0.481 e. The van der Waals surface area contributed by atoms with Gasteiger partial charge in [0.2, 0.25) is 5.95 Å². The van der Waals surface area contributed by atoms with E-state index in [1.807, 2.05) is 0 Å². The van der Waals surface area contributed by atoms with Gasteiger partial charge in [-0.2, -0.15) is 4.98 Å². The van der Waals surface area contributed by atoms with Gasteiger partial charge in [0.15, 0.2) is 11.2 Å². The summed E-state index contributed by atoms with van der Waals surface area (Å²) in [5.41, 5.74) is 16.3. The summed E-state index contributed by atoms with van der Waals surface area (Å²) in [5.74, 6) is -2.71. The Morgan fingerprint density at radius 3 is 1.70 bits per heavy atom. The molecule has 0 saturated heterocycles. The van der Waals surface area contributed by atoms with Gasteiger partial charge in [0, 0.05) is 13.8 Å². The number of nitrogens with one attached hydrogen (secondary N) is 1. The SMILES string of the molecule is CC(=O)O.CC(=O)O.Nc1nc2c(ncn2COC(COC(=O)C2(N)CCCCCC2)COC(=O)C2(N)CCCCCC2)c(=O)[nH]1. The average Bonchev–Trinajstić information content (AvgIpc) is 3.10. The number of aromatic amines is 1. The smallest absolute Gasteiger partial charge is 0.326 e. The van der Waals surface area contributed by atoms with Gasteiger partial charge in [-0.05, 0) is 25.7 Å². The highest BCUT2D eigenvalue weighted by atomic mass is 16.6. The van der Waals surface area contributed by atoms with E-state index in [0.717, 1.165) is 65.2 Å². The van der Waals surface area contributed by atoms with Gasteiger partial charge in [-0.3, -0.25) is 33.5 Å². The lowest BCUT2D eigenvalue weighted by Crippen LogP contribution is -2.50. The number of fused-ring (bicyclic) bond motifs is 1. The first kappa shape index (κ1) is 38.1. The van der Waals surface area contributed by atoms with Crippen molar-refractivity contribution in [1.82, 2.24) is 19.5 Å². The molecule has 17 nitrogen and oxygen atoms in total. The van der Waals surface area contributed by atoms with E-state index in [4.69, 9.17) is 51.2 Å². The lowest BCUT2D eigenvalue weighted by molar-refractivity contribution is -0.164. The molecule has 2 aliphatic carbocycles. The van der Waals surface area contributed by atoms with Crippen molar-refractivity contribution in [3.63, 3.8) is 0 Å². The van der Waals surface area contributed by atoms with Crippen LogP contribution in [-0.4, -0.2) is 84.0 Å². The van der Waals surface area contributed by atoms with E-state index in [1.54, 1.807) is 0 Å². The first-order chi connectivity index (χ1) is 21.7. The number of hydrogen-bond acceptors (Lipinski definition) is 13. The average molecular weight is 654 g/mol. The van der Waals surface area contributed by atoms with Crippen molar-refractivity contribution in [2.24, 2.45) is 11.5 Å². The number of aromatic nitrogens is 4. The van der Waals surface area contributed by atoms with Crippen LogP contribution in [0.1, 0.15) is 90.9 Å². The third-order valence-electron chi connectivity index (χ3n) is 7.55. The number of nitrogen functional groups attached to an aromatic ring is 1. The van der Waals surface area contributed by atoms with Gasteiger partial charge in [-0.15, -0.1) is 0 Å². The van der Waals surface area contributed by atoms with Crippen molar-refractivity contribution in [3.8, 4) is 0 Å². The number of imidazole rings is 1. The Labute approximate surface area is 266 Å². The van der Waals surface area contributed by atoms with Crippen molar-refractivity contribution in [2.45, 2.75) is 115 Å². The van der Waals surface area contributed by atoms with Crippen molar-refractivity contribution >= 4 is 41.0 Å². The van der Waals surface area contributed by atoms with Gasteiger partial charge >= 0.3 is 11.9 Å². The maximum absolute atomic E-state index is 12.9. The van der Waals surface area contributed by atoms with E-state index >= 15 is 0 Å². The zero-order chi connectivity index (χ0) is 34.3. The molecule has 0 bridgehead atoms. The minimum absolute atomic E-state index is 0.0584. The Bertz CT molecular complexity index is 1300. The third-order valence-corrected chi connectivity index (χ3v) is 7.55. The summed E-state index contributed by atoms with van der Waals surface area (Å²) >= 11 is 0. The van der Waals surface area contributed by atoms with Gasteiger partial charge in [0.1, 0.15) is 37.1 Å². The second-order valence-corrected chi connectivity index (χ2v) is 11.6. The molecule has 0 amide bonds. The van der Waals surface area contributed by atoms with Crippen molar-refractivity contribution in [1.29, 1.82) is 0 Å². The summed E-state index contributed by atoms with van der Waals surface area (Å²) in [6.45, 7) is 1.71. The molecule has 0 atom stereocenters. The summed E-state index contributed by atoms with van der Waals surface area (Å²) in [5, 5.41) is 14.8. The van der Waals surface area contributed by atoms with Crippen LogP contribution in [0.4, 0.5) is 5.95 Å². The maximum atomic E-state index is 12.9. The molecule has 9 N–H and O–H groups in total. The van der Waals surface area contributed by atoms with Crippen LogP contribution in [0.25, 0.3) is 11.2 Å². The van der Waals surface area contributed by atoms with E-state index < -0.39 is 46.6 Å². The molecule has 2 saturated carbocycles. The molecule has 0 spiro atoms. The molecule has 2 aromatic rings. The molecule has 0 radical (unpaired) electrons.